The third-order valence-electron chi connectivity index (χ3n) is 7.11. The van der Waals surface area contributed by atoms with Crippen molar-refractivity contribution in [3.63, 3.8) is 0 Å². The van der Waals surface area contributed by atoms with E-state index in [9.17, 15) is 13.2 Å². The van der Waals surface area contributed by atoms with Gasteiger partial charge in [-0.25, -0.2) is 22.0 Å². The Morgan fingerprint density at radius 1 is 1.03 bits per heavy atom. The van der Waals surface area contributed by atoms with Gasteiger partial charge in [0.1, 0.15) is 17.3 Å². The predicted molar refractivity (Wildman–Crippen MR) is 122 cm³/mol. The molecular weight excluding hydrogens is 449 g/mol. The van der Waals surface area contributed by atoms with Crippen molar-refractivity contribution in [1.82, 2.24) is 15.2 Å². The van der Waals surface area contributed by atoms with E-state index in [1.807, 2.05) is 31.2 Å². The normalized spacial score (nSPS) is 22.1. The maximum absolute atomic E-state index is 15.6. The second-order valence-corrected chi connectivity index (χ2v) is 10.2. The highest BCUT2D eigenvalue weighted by Crippen LogP contribution is 2.45. The van der Waals surface area contributed by atoms with E-state index in [2.05, 4.69) is 10.3 Å². The van der Waals surface area contributed by atoms with Crippen molar-refractivity contribution in [2.24, 2.45) is 5.92 Å². The van der Waals surface area contributed by atoms with Gasteiger partial charge in [0, 0.05) is 53.4 Å². The average molecular weight is 478 g/mol. The fourth-order valence-corrected chi connectivity index (χ4v) is 5.32. The van der Waals surface area contributed by atoms with Crippen LogP contribution in [0.2, 0.25) is 0 Å². The molecule has 2 atom stereocenters. The number of hydrogen-bond acceptors (Lipinski definition) is 2. The van der Waals surface area contributed by atoms with E-state index >= 15 is 8.78 Å². The zero-order valence-electron chi connectivity index (χ0n) is 19.4. The van der Waals surface area contributed by atoms with Gasteiger partial charge in [0.25, 0.3) is 5.92 Å². The minimum Gasteiger partial charge on any atom is -0.357 e. The summed E-state index contributed by atoms with van der Waals surface area (Å²) in [5, 5.41) is 3.71. The number of fused-ring (bicyclic) bond motifs is 3. The first-order valence-corrected chi connectivity index (χ1v) is 11.6. The first-order chi connectivity index (χ1) is 16.0. The summed E-state index contributed by atoms with van der Waals surface area (Å²) >= 11 is 0. The Hall–Kier alpha value is -2.45. The maximum atomic E-state index is 15.6. The van der Waals surface area contributed by atoms with E-state index in [1.165, 1.54) is 13.8 Å². The van der Waals surface area contributed by atoms with Crippen LogP contribution in [-0.4, -0.2) is 41.2 Å². The lowest BCUT2D eigenvalue weighted by molar-refractivity contribution is -0.0839. The van der Waals surface area contributed by atoms with Crippen LogP contribution in [-0.2, 0) is 12.3 Å². The van der Waals surface area contributed by atoms with Gasteiger partial charge in [-0.3, -0.25) is 4.90 Å². The summed E-state index contributed by atoms with van der Waals surface area (Å²) in [6, 6.07) is 7.85. The molecule has 34 heavy (non-hydrogen) atoms. The van der Waals surface area contributed by atoms with Gasteiger partial charge >= 0.3 is 0 Å². The molecule has 182 valence electrons. The third kappa shape index (κ3) is 3.81. The standard InChI is InChI=1S/C26H28F5N3/c1-14-8-18-17-6-4-5-7-21(17)33-23(18)24(34(14)13-25(2,3)29)22-19(27)9-15(10-20(22)28)26(30,31)16-11-32-12-16/h4-7,9-10,14,16,24,32-33H,8,11-13H2,1-3H3/t14-,24-/m1/s1. The molecule has 1 saturated heterocycles. The molecule has 1 aromatic heterocycles. The molecule has 2 aliphatic rings. The fourth-order valence-electron chi connectivity index (χ4n) is 5.32. The van der Waals surface area contributed by atoms with E-state index < -0.39 is 40.7 Å². The smallest absolute Gasteiger partial charge is 0.278 e. The molecule has 0 radical (unpaired) electrons. The number of alkyl halides is 3. The molecule has 1 fully saturated rings. The minimum atomic E-state index is -3.35. The van der Waals surface area contributed by atoms with E-state index in [1.54, 1.807) is 4.90 Å². The van der Waals surface area contributed by atoms with E-state index in [0.717, 1.165) is 28.6 Å². The van der Waals surface area contributed by atoms with Crippen LogP contribution in [0.1, 0.15) is 49.2 Å². The maximum Gasteiger partial charge on any atom is 0.278 e. The Bertz CT molecular complexity index is 1200. The van der Waals surface area contributed by atoms with Crippen molar-refractivity contribution in [2.45, 2.75) is 50.9 Å². The highest BCUT2D eigenvalue weighted by molar-refractivity contribution is 5.85. The van der Waals surface area contributed by atoms with Gasteiger partial charge < -0.3 is 10.3 Å². The molecule has 2 aromatic carbocycles. The Morgan fingerprint density at radius 3 is 2.26 bits per heavy atom. The topological polar surface area (TPSA) is 31.1 Å². The lowest BCUT2D eigenvalue weighted by atomic mass is 9.85. The minimum absolute atomic E-state index is 0.0713. The predicted octanol–water partition coefficient (Wildman–Crippen LogP) is 5.84. The number of benzene rings is 2. The second-order valence-electron chi connectivity index (χ2n) is 10.2. The summed E-state index contributed by atoms with van der Waals surface area (Å²) in [5.74, 6) is -6.45. The quantitative estimate of drug-likeness (QED) is 0.453. The van der Waals surface area contributed by atoms with Gasteiger partial charge in [-0.15, -0.1) is 0 Å². The largest absolute Gasteiger partial charge is 0.357 e. The zero-order chi connectivity index (χ0) is 24.4. The van der Waals surface area contributed by atoms with Crippen LogP contribution in [0.3, 0.4) is 0 Å². The Balaban J connectivity index is 1.68. The first kappa shape index (κ1) is 23.3. The van der Waals surface area contributed by atoms with Crippen LogP contribution >= 0.6 is 0 Å². The molecule has 2 aliphatic heterocycles. The Labute approximate surface area is 195 Å². The van der Waals surface area contributed by atoms with Crippen LogP contribution in [0.4, 0.5) is 22.0 Å². The van der Waals surface area contributed by atoms with Crippen LogP contribution in [0, 0.1) is 17.6 Å². The number of nitrogens with one attached hydrogen (secondary N) is 2. The molecule has 0 saturated carbocycles. The number of nitrogens with zero attached hydrogens (tertiary/aromatic N) is 1. The summed E-state index contributed by atoms with van der Waals surface area (Å²) in [6.07, 6.45) is 0.569. The van der Waals surface area contributed by atoms with Crippen molar-refractivity contribution >= 4 is 10.9 Å². The molecule has 0 aliphatic carbocycles. The Morgan fingerprint density at radius 2 is 1.68 bits per heavy atom. The number of aromatic nitrogens is 1. The number of aromatic amines is 1. The van der Waals surface area contributed by atoms with Gasteiger partial charge in [0.05, 0.1) is 12.0 Å². The van der Waals surface area contributed by atoms with Gasteiger partial charge in [-0.05, 0) is 51.0 Å². The van der Waals surface area contributed by atoms with Gasteiger partial charge in [0.15, 0.2) is 0 Å². The van der Waals surface area contributed by atoms with E-state index in [-0.39, 0.29) is 31.2 Å². The number of halogens is 5. The molecule has 0 unspecified atom stereocenters. The summed E-state index contributed by atoms with van der Waals surface area (Å²) in [6.45, 7) is 4.84. The fraction of sp³-hybridized carbons (Fsp3) is 0.462. The van der Waals surface area contributed by atoms with Crippen LogP contribution in [0.25, 0.3) is 10.9 Å². The van der Waals surface area contributed by atoms with Crippen molar-refractivity contribution in [1.29, 1.82) is 0 Å². The molecule has 0 spiro atoms. The van der Waals surface area contributed by atoms with Gasteiger partial charge in [0.2, 0.25) is 0 Å². The number of hydrogen-bond donors (Lipinski definition) is 2. The van der Waals surface area contributed by atoms with Crippen molar-refractivity contribution in [3.05, 3.63) is 70.4 Å². The molecule has 5 rings (SSSR count). The van der Waals surface area contributed by atoms with Crippen molar-refractivity contribution in [2.75, 3.05) is 19.6 Å². The summed E-state index contributed by atoms with van der Waals surface area (Å²) in [5.41, 5.74) is -0.343. The highest BCUT2D eigenvalue weighted by Gasteiger charge is 2.46. The number of para-hydroxylation sites is 1. The monoisotopic (exact) mass is 477 g/mol. The molecule has 3 heterocycles. The molecular formula is C26H28F5N3. The SMILES string of the molecule is C[C@@H]1Cc2c([nH]c3ccccc23)[C@@H](c2c(F)cc(C(F)(F)C3CNC3)cc2F)N1CC(C)(C)F. The average Bonchev–Trinajstić information content (AvgIpc) is 3.05. The van der Waals surface area contributed by atoms with E-state index in [0.29, 0.717) is 12.1 Å². The Kier molecular flexibility index (Phi) is 5.52. The summed E-state index contributed by atoms with van der Waals surface area (Å²) in [4.78, 5) is 5.01. The first-order valence-electron chi connectivity index (χ1n) is 11.6. The second kappa shape index (κ2) is 8.05. The van der Waals surface area contributed by atoms with Crippen molar-refractivity contribution in [3.8, 4) is 0 Å². The van der Waals surface area contributed by atoms with Gasteiger partial charge in [-0.2, -0.15) is 0 Å². The molecule has 3 nitrogen and oxygen atoms in total. The molecule has 3 aromatic rings. The lowest BCUT2D eigenvalue weighted by Gasteiger charge is -2.43. The van der Waals surface area contributed by atoms with Crippen LogP contribution < -0.4 is 5.32 Å². The van der Waals surface area contributed by atoms with Gasteiger partial charge in [-0.1, -0.05) is 18.2 Å². The summed E-state index contributed by atoms with van der Waals surface area (Å²) in [7, 11) is 0. The molecule has 8 heteroatoms. The molecule has 0 amide bonds. The van der Waals surface area contributed by atoms with Crippen LogP contribution in [0.5, 0.6) is 0 Å². The highest BCUT2D eigenvalue weighted by atomic mass is 19.3. The summed E-state index contributed by atoms with van der Waals surface area (Å²) < 4.78 is 75.6. The number of rotatable bonds is 5. The van der Waals surface area contributed by atoms with Crippen molar-refractivity contribution < 1.29 is 22.0 Å². The van der Waals surface area contributed by atoms with E-state index in [4.69, 9.17) is 0 Å². The third-order valence-corrected chi connectivity index (χ3v) is 7.11. The molecule has 0 bridgehead atoms. The number of H-pyrrole nitrogens is 1. The zero-order valence-corrected chi connectivity index (χ0v) is 19.4. The van der Waals surface area contributed by atoms with Crippen LogP contribution in [0.15, 0.2) is 36.4 Å². The molecule has 2 N–H and O–H groups in total. The lowest BCUT2D eigenvalue weighted by Crippen LogP contribution is -2.50.